The number of aldehydes is 1. The third kappa shape index (κ3) is 3.32. The van der Waals surface area contributed by atoms with Crippen molar-refractivity contribution in [2.75, 3.05) is 0 Å². The molecule has 3 heteroatoms. The van der Waals surface area contributed by atoms with Gasteiger partial charge in [0.2, 0.25) is 0 Å². The number of hydrogen-bond acceptors (Lipinski definition) is 3. The van der Waals surface area contributed by atoms with E-state index >= 15 is 0 Å². The van der Waals surface area contributed by atoms with Gasteiger partial charge in [-0.1, -0.05) is 32.1 Å². The van der Waals surface area contributed by atoms with Crippen molar-refractivity contribution >= 4 is 17.6 Å². The van der Waals surface area contributed by atoms with Gasteiger partial charge in [0.05, 0.1) is 4.88 Å². The number of hydrogen-bond donors (Lipinski definition) is 0. The van der Waals surface area contributed by atoms with Gasteiger partial charge in [-0.15, -0.1) is 0 Å². The molecule has 2 unspecified atom stereocenters. The summed E-state index contributed by atoms with van der Waals surface area (Å²) in [5.41, 5.74) is 0.368. The lowest BCUT2D eigenvalue weighted by molar-refractivity contribution is 0.0587. The maximum atomic E-state index is 10.6. The summed E-state index contributed by atoms with van der Waals surface area (Å²) in [6.45, 7) is 6.91. The van der Waals surface area contributed by atoms with Crippen molar-refractivity contribution in [3.63, 3.8) is 0 Å². The normalized spacial score (nSPS) is 27.7. The molecule has 2 atom stereocenters. The van der Waals surface area contributed by atoms with Crippen LogP contribution in [0.4, 0.5) is 0 Å². The lowest BCUT2D eigenvalue weighted by Crippen LogP contribution is -2.34. The fourth-order valence-corrected chi connectivity index (χ4v) is 3.71. The molecule has 0 spiro atoms. The number of ether oxygens (including phenoxy) is 1. The Kier molecular flexibility index (Phi) is 3.57. The summed E-state index contributed by atoms with van der Waals surface area (Å²) in [5.74, 6) is 0.717. The van der Waals surface area contributed by atoms with Crippen LogP contribution in [-0.4, -0.2) is 12.4 Å². The molecule has 0 amide bonds. The summed E-state index contributed by atoms with van der Waals surface area (Å²) in [4.78, 5) is 11.4. The van der Waals surface area contributed by atoms with Crippen LogP contribution >= 0.6 is 11.3 Å². The second-order valence-corrected chi connectivity index (χ2v) is 7.01. The highest BCUT2D eigenvalue weighted by Crippen LogP contribution is 2.40. The van der Waals surface area contributed by atoms with E-state index in [4.69, 9.17) is 4.74 Å². The van der Waals surface area contributed by atoms with Gasteiger partial charge in [-0.05, 0) is 42.7 Å². The highest BCUT2D eigenvalue weighted by atomic mass is 32.1. The molecule has 1 heterocycles. The first-order chi connectivity index (χ1) is 7.98. The Balaban J connectivity index is 2.00. The summed E-state index contributed by atoms with van der Waals surface area (Å²) in [6, 6.07) is 3.73. The predicted octanol–water partition coefficient (Wildman–Crippen LogP) is 4.15. The Morgan fingerprint density at radius 3 is 2.76 bits per heavy atom. The zero-order valence-corrected chi connectivity index (χ0v) is 11.5. The average molecular weight is 252 g/mol. The Labute approximate surface area is 107 Å². The molecule has 0 aromatic carbocycles. The monoisotopic (exact) mass is 252 g/mol. The molecule has 0 saturated heterocycles. The van der Waals surface area contributed by atoms with Crippen molar-refractivity contribution in [1.29, 1.82) is 0 Å². The molecule has 1 fully saturated rings. The quantitative estimate of drug-likeness (QED) is 0.755. The molecule has 1 aliphatic rings. The van der Waals surface area contributed by atoms with Crippen molar-refractivity contribution in [2.45, 2.75) is 46.1 Å². The highest BCUT2D eigenvalue weighted by Gasteiger charge is 2.33. The lowest BCUT2D eigenvalue weighted by atomic mass is 9.71. The average Bonchev–Trinajstić information content (AvgIpc) is 2.62. The van der Waals surface area contributed by atoms with E-state index in [2.05, 4.69) is 20.8 Å². The van der Waals surface area contributed by atoms with Crippen LogP contribution in [0.1, 0.15) is 49.7 Å². The summed E-state index contributed by atoms with van der Waals surface area (Å²) in [5, 5.41) is 0.877. The van der Waals surface area contributed by atoms with Gasteiger partial charge in [0.15, 0.2) is 11.3 Å². The van der Waals surface area contributed by atoms with Gasteiger partial charge in [0.1, 0.15) is 6.10 Å². The maximum Gasteiger partial charge on any atom is 0.174 e. The first-order valence-electron chi connectivity index (χ1n) is 6.20. The molecule has 2 nitrogen and oxygen atoms in total. The summed E-state index contributed by atoms with van der Waals surface area (Å²) >= 11 is 1.44. The third-order valence-electron chi connectivity index (χ3n) is 3.35. The second-order valence-electron chi connectivity index (χ2n) is 5.93. The SMILES string of the molecule is CC1CC(Oc2ccc(C=O)s2)CC(C)(C)C1. The highest BCUT2D eigenvalue weighted by molar-refractivity contribution is 7.15. The van der Waals surface area contributed by atoms with Crippen LogP contribution in [-0.2, 0) is 0 Å². The molecule has 17 heavy (non-hydrogen) atoms. The van der Waals surface area contributed by atoms with Crippen LogP contribution in [0.5, 0.6) is 5.06 Å². The van der Waals surface area contributed by atoms with Gasteiger partial charge in [-0.2, -0.15) is 0 Å². The molecule has 1 saturated carbocycles. The van der Waals surface area contributed by atoms with E-state index in [0.29, 0.717) is 17.4 Å². The largest absolute Gasteiger partial charge is 0.481 e. The Morgan fingerprint density at radius 2 is 2.18 bits per heavy atom. The van der Waals surface area contributed by atoms with Gasteiger partial charge in [-0.25, -0.2) is 0 Å². The van der Waals surface area contributed by atoms with Gasteiger partial charge in [0.25, 0.3) is 0 Å². The molecule has 1 aliphatic carbocycles. The molecule has 94 valence electrons. The van der Waals surface area contributed by atoms with Crippen LogP contribution in [0.3, 0.4) is 0 Å². The van der Waals surface area contributed by atoms with Crippen molar-refractivity contribution in [1.82, 2.24) is 0 Å². The lowest BCUT2D eigenvalue weighted by Gasteiger charge is -2.38. The first kappa shape index (κ1) is 12.6. The summed E-state index contributed by atoms with van der Waals surface area (Å²) < 4.78 is 6.00. The molecule has 0 aliphatic heterocycles. The number of carbonyl (C=O) groups excluding carboxylic acids is 1. The van der Waals surface area contributed by atoms with E-state index in [-0.39, 0.29) is 0 Å². The molecule has 1 aromatic rings. The number of thiophene rings is 1. The van der Waals surface area contributed by atoms with Gasteiger partial charge < -0.3 is 4.74 Å². The van der Waals surface area contributed by atoms with Gasteiger partial charge >= 0.3 is 0 Å². The van der Waals surface area contributed by atoms with E-state index in [1.807, 2.05) is 12.1 Å². The van der Waals surface area contributed by atoms with E-state index < -0.39 is 0 Å². The minimum absolute atomic E-state index is 0.298. The van der Waals surface area contributed by atoms with Crippen LogP contribution in [0.15, 0.2) is 12.1 Å². The standard InChI is InChI=1S/C14H20O2S/c1-10-6-11(8-14(2,3)7-10)16-13-5-4-12(9-15)17-13/h4-5,9-11H,6-8H2,1-3H3. The molecule has 2 rings (SSSR count). The summed E-state index contributed by atoms with van der Waals surface area (Å²) in [6.07, 6.45) is 4.68. The smallest absolute Gasteiger partial charge is 0.174 e. The zero-order chi connectivity index (χ0) is 12.5. The first-order valence-corrected chi connectivity index (χ1v) is 7.02. The predicted molar refractivity (Wildman–Crippen MR) is 70.9 cm³/mol. The fourth-order valence-electron chi connectivity index (χ4n) is 2.97. The minimum atomic E-state index is 0.298. The Morgan fingerprint density at radius 1 is 1.41 bits per heavy atom. The molecule has 0 N–H and O–H groups in total. The van der Waals surface area contributed by atoms with Crippen molar-refractivity contribution < 1.29 is 9.53 Å². The minimum Gasteiger partial charge on any atom is -0.481 e. The van der Waals surface area contributed by atoms with E-state index in [9.17, 15) is 4.79 Å². The van der Waals surface area contributed by atoms with E-state index in [1.54, 1.807) is 0 Å². The van der Waals surface area contributed by atoms with Crippen LogP contribution in [0, 0.1) is 11.3 Å². The van der Waals surface area contributed by atoms with Crippen molar-refractivity contribution in [3.8, 4) is 5.06 Å². The number of carbonyl (C=O) groups is 1. The Hall–Kier alpha value is -0.830. The van der Waals surface area contributed by atoms with Gasteiger partial charge in [0, 0.05) is 0 Å². The van der Waals surface area contributed by atoms with E-state index in [0.717, 1.165) is 29.1 Å². The molecular weight excluding hydrogens is 232 g/mol. The molecule has 0 radical (unpaired) electrons. The summed E-state index contributed by atoms with van der Waals surface area (Å²) in [7, 11) is 0. The van der Waals surface area contributed by atoms with Crippen molar-refractivity contribution in [2.24, 2.45) is 11.3 Å². The third-order valence-corrected chi connectivity index (χ3v) is 4.25. The molecule has 0 bridgehead atoms. The fraction of sp³-hybridized carbons (Fsp3) is 0.643. The second kappa shape index (κ2) is 4.81. The van der Waals surface area contributed by atoms with Crippen LogP contribution in [0.25, 0.3) is 0 Å². The zero-order valence-electron chi connectivity index (χ0n) is 10.7. The number of rotatable bonds is 3. The Bertz CT molecular complexity index is 395. The topological polar surface area (TPSA) is 26.3 Å². The van der Waals surface area contributed by atoms with Crippen molar-refractivity contribution in [3.05, 3.63) is 17.0 Å². The van der Waals surface area contributed by atoms with Crippen LogP contribution in [0.2, 0.25) is 0 Å². The maximum absolute atomic E-state index is 10.6. The molecular formula is C14H20O2S. The molecule has 1 aromatic heterocycles. The van der Waals surface area contributed by atoms with E-state index in [1.165, 1.54) is 17.8 Å². The van der Waals surface area contributed by atoms with Crippen LogP contribution < -0.4 is 4.74 Å². The van der Waals surface area contributed by atoms with Gasteiger partial charge in [-0.3, -0.25) is 4.79 Å².